The highest BCUT2D eigenvalue weighted by Gasteiger charge is 2.03. The Hall–Kier alpha value is -2.26. The van der Waals surface area contributed by atoms with Crippen molar-refractivity contribution in [2.45, 2.75) is 6.61 Å². The van der Waals surface area contributed by atoms with Crippen LogP contribution < -0.4 is 4.74 Å². The molecule has 0 fully saturated rings. The molecule has 0 bridgehead atoms. The van der Waals surface area contributed by atoms with Crippen LogP contribution in [-0.2, 0) is 11.4 Å². The Morgan fingerprint density at radius 1 is 1.20 bits per heavy atom. The van der Waals surface area contributed by atoms with E-state index in [4.69, 9.17) is 21.4 Å². The van der Waals surface area contributed by atoms with E-state index in [1.807, 2.05) is 30.3 Å². The van der Waals surface area contributed by atoms with Gasteiger partial charge in [-0.15, -0.1) is 0 Å². The van der Waals surface area contributed by atoms with Crippen molar-refractivity contribution in [3.05, 3.63) is 70.8 Å². The van der Waals surface area contributed by atoms with E-state index >= 15 is 0 Å². The topological polar surface area (TPSA) is 46.5 Å². The summed E-state index contributed by atoms with van der Waals surface area (Å²) in [5.41, 5.74) is 1.67. The summed E-state index contributed by atoms with van der Waals surface area (Å²) < 4.78 is 5.71. The maximum absolute atomic E-state index is 10.6. The Kier molecular flexibility index (Phi) is 4.80. The zero-order valence-corrected chi connectivity index (χ0v) is 11.4. The van der Waals surface area contributed by atoms with Gasteiger partial charge in [-0.25, -0.2) is 4.79 Å². The molecule has 4 heteroatoms. The molecule has 0 aliphatic rings. The first-order valence-electron chi connectivity index (χ1n) is 6.02. The largest absolute Gasteiger partial charge is 0.488 e. The van der Waals surface area contributed by atoms with Gasteiger partial charge in [0.1, 0.15) is 12.4 Å². The van der Waals surface area contributed by atoms with E-state index in [1.165, 1.54) is 6.08 Å². The molecule has 0 aromatic heterocycles. The van der Waals surface area contributed by atoms with Gasteiger partial charge in [-0.3, -0.25) is 0 Å². The fraction of sp³-hybridized carbons (Fsp3) is 0.0625. The number of halogens is 1. The summed E-state index contributed by atoms with van der Waals surface area (Å²) in [6, 6.07) is 14.8. The molecule has 1 N–H and O–H groups in total. The number of carboxylic acids is 1. The normalized spacial score (nSPS) is 10.7. The second-order valence-electron chi connectivity index (χ2n) is 4.13. The van der Waals surface area contributed by atoms with Crippen molar-refractivity contribution in [3.8, 4) is 5.75 Å². The molecule has 20 heavy (non-hydrogen) atoms. The van der Waals surface area contributed by atoms with E-state index in [2.05, 4.69) is 0 Å². The first-order chi connectivity index (χ1) is 9.65. The van der Waals surface area contributed by atoms with Crippen LogP contribution in [0.3, 0.4) is 0 Å². The van der Waals surface area contributed by atoms with Crippen molar-refractivity contribution < 1.29 is 14.6 Å². The number of rotatable bonds is 5. The minimum atomic E-state index is -1.01. The molecular formula is C16H13ClO3. The lowest BCUT2D eigenvalue weighted by molar-refractivity contribution is -0.131. The third-order valence-corrected chi connectivity index (χ3v) is 2.85. The van der Waals surface area contributed by atoms with Gasteiger partial charge < -0.3 is 9.84 Å². The van der Waals surface area contributed by atoms with E-state index in [-0.39, 0.29) is 0 Å². The van der Waals surface area contributed by atoms with Crippen LogP contribution in [0.5, 0.6) is 5.75 Å². The van der Waals surface area contributed by atoms with Crippen molar-refractivity contribution in [1.29, 1.82) is 0 Å². The summed E-state index contributed by atoms with van der Waals surface area (Å²) in [4.78, 5) is 10.6. The third kappa shape index (κ3) is 4.14. The summed E-state index contributed by atoms with van der Waals surface area (Å²) >= 11 is 5.91. The van der Waals surface area contributed by atoms with Crippen LogP contribution in [0.2, 0.25) is 5.02 Å². The number of carbonyl (C=O) groups is 1. The molecule has 0 atom stereocenters. The van der Waals surface area contributed by atoms with Gasteiger partial charge in [-0.05, 0) is 29.8 Å². The lowest BCUT2D eigenvalue weighted by Crippen LogP contribution is -1.97. The van der Waals surface area contributed by atoms with Gasteiger partial charge in [0, 0.05) is 16.7 Å². The van der Waals surface area contributed by atoms with Crippen molar-refractivity contribution >= 4 is 23.6 Å². The molecule has 0 saturated heterocycles. The molecule has 0 aliphatic carbocycles. The molecule has 2 rings (SSSR count). The smallest absolute Gasteiger partial charge is 0.328 e. The van der Waals surface area contributed by atoms with E-state index < -0.39 is 5.97 Å². The molecule has 0 spiro atoms. The Labute approximate surface area is 122 Å². The highest BCUT2D eigenvalue weighted by atomic mass is 35.5. The SMILES string of the molecule is O=C(O)C=Cc1cc(Cl)ccc1OCc1ccccc1. The standard InChI is InChI=1S/C16H13ClO3/c17-14-7-8-15(13(10-14)6-9-16(18)19)20-11-12-4-2-1-3-5-12/h1-10H,11H2,(H,18,19). The molecule has 0 heterocycles. The second kappa shape index (κ2) is 6.78. The first kappa shape index (κ1) is 14.2. The molecule has 3 nitrogen and oxygen atoms in total. The summed E-state index contributed by atoms with van der Waals surface area (Å²) in [7, 11) is 0. The Morgan fingerprint density at radius 2 is 1.95 bits per heavy atom. The maximum Gasteiger partial charge on any atom is 0.328 e. The molecular weight excluding hydrogens is 276 g/mol. The molecule has 0 radical (unpaired) electrons. The Morgan fingerprint density at radius 3 is 2.65 bits per heavy atom. The summed E-state index contributed by atoms with van der Waals surface area (Å²) in [6.45, 7) is 0.413. The zero-order valence-electron chi connectivity index (χ0n) is 10.6. The minimum absolute atomic E-state index is 0.413. The molecule has 0 aliphatic heterocycles. The van der Waals surface area contributed by atoms with Gasteiger partial charge in [-0.2, -0.15) is 0 Å². The van der Waals surface area contributed by atoms with E-state index in [1.54, 1.807) is 18.2 Å². The Balaban J connectivity index is 2.16. The fourth-order valence-corrected chi connectivity index (χ4v) is 1.86. The average molecular weight is 289 g/mol. The predicted molar refractivity (Wildman–Crippen MR) is 78.9 cm³/mol. The molecule has 2 aromatic rings. The van der Waals surface area contributed by atoms with Gasteiger partial charge in [0.05, 0.1) is 0 Å². The zero-order chi connectivity index (χ0) is 14.4. The van der Waals surface area contributed by atoms with Crippen LogP contribution in [0.1, 0.15) is 11.1 Å². The highest BCUT2D eigenvalue weighted by Crippen LogP contribution is 2.25. The van der Waals surface area contributed by atoms with Crippen LogP contribution in [0.4, 0.5) is 0 Å². The quantitative estimate of drug-likeness (QED) is 0.845. The van der Waals surface area contributed by atoms with Crippen molar-refractivity contribution in [2.75, 3.05) is 0 Å². The van der Waals surface area contributed by atoms with E-state index in [0.717, 1.165) is 11.6 Å². The van der Waals surface area contributed by atoms with Crippen LogP contribution >= 0.6 is 11.6 Å². The summed E-state index contributed by atoms with van der Waals surface area (Å²) in [5, 5.41) is 9.21. The molecule has 102 valence electrons. The number of ether oxygens (including phenoxy) is 1. The molecule has 2 aromatic carbocycles. The molecule has 0 saturated carbocycles. The van der Waals surface area contributed by atoms with Crippen LogP contribution in [0, 0.1) is 0 Å². The maximum atomic E-state index is 10.6. The third-order valence-electron chi connectivity index (χ3n) is 2.61. The molecule has 0 unspecified atom stereocenters. The number of hydrogen-bond acceptors (Lipinski definition) is 2. The van der Waals surface area contributed by atoms with Crippen molar-refractivity contribution in [1.82, 2.24) is 0 Å². The number of hydrogen-bond donors (Lipinski definition) is 1. The molecule has 0 amide bonds. The number of aliphatic carboxylic acids is 1. The first-order valence-corrected chi connectivity index (χ1v) is 6.40. The van der Waals surface area contributed by atoms with Gasteiger partial charge >= 0.3 is 5.97 Å². The number of benzene rings is 2. The summed E-state index contributed by atoms with van der Waals surface area (Å²) in [5.74, 6) is -0.422. The van der Waals surface area contributed by atoms with Crippen molar-refractivity contribution in [3.63, 3.8) is 0 Å². The minimum Gasteiger partial charge on any atom is -0.488 e. The van der Waals surface area contributed by atoms with Crippen LogP contribution in [0.15, 0.2) is 54.6 Å². The average Bonchev–Trinajstić information content (AvgIpc) is 2.45. The highest BCUT2D eigenvalue weighted by molar-refractivity contribution is 6.30. The number of carboxylic acid groups (broad SMARTS) is 1. The lowest BCUT2D eigenvalue weighted by atomic mass is 10.2. The van der Waals surface area contributed by atoms with E-state index in [9.17, 15) is 4.79 Å². The Bertz CT molecular complexity index is 621. The van der Waals surface area contributed by atoms with Crippen molar-refractivity contribution in [2.24, 2.45) is 0 Å². The van der Waals surface area contributed by atoms with Gasteiger partial charge in [0.2, 0.25) is 0 Å². The van der Waals surface area contributed by atoms with E-state index in [0.29, 0.717) is 22.9 Å². The predicted octanol–water partition coefficient (Wildman–Crippen LogP) is 4.02. The fourth-order valence-electron chi connectivity index (χ4n) is 1.68. The second-order valence-corrected chi connectivity index (χ2v) is 4.56. The van der Waals surface area contributed by atoms with Gasteiger partial charge in [0.25, 0.3) is 0 Å². The summed E-state index contributed by atoms with van der Waals surface area (Å²) in [6.07, 6.45) is 2.52. The van der Waals surface area contributed by atoms with Gasteiger partial charge in [0.15, 0.2) is 0 Å². The lowest BCUT2D eigenvalue weighted by Gasteiger charge is -2.09. The van der Waals surface area contributed by atoms with Crippen LogP contribution in [-0.4, -0.2) is 11.1 Å². The van der Waals surface area contributed by atoms with Gasteiger partial charge in [-0.1, -0.05) is 41.9 Å². The monoisotopic (exact) mass is 288 g/mol. The van der Waals surface area contributed by atoms with Crippen LogP contribution in [0.25, 0.3) is 6.08 Å².